The van der Waals surface area contributed by atoms with Gasteiger partial charge in [0.15, 0.2) is 0 Å². The van der Waals surface area contributed by atoms with Gasteiger partial charge in [-0.1, -0.05) is 18.5 Å². The second-order valence-corrected chi connectivity index (χ2v) is 3.63. The number of hydrogen-bond donors (Lipinski definition) is 1. The van der Waals surface area contributed by atoms with Gasteiger partial charge in [0.2, 0.25) is 5.88 Å². The quantitative estimate of drug-likeness (QED) is 0.761. The highest BCUT2D eigenvalue weighted by atomic mass is 35.5. The third kappa shape index (κ3) is 4.06. The summed E-state index contributed by atoms with van der Waals surface area (Å²) in [4.78, 5) is 4.07. The number of rotatable bonds is 6. The Morgan fingerprint density at radius 3 is 2.93 bits per heavy atom. The van der Waals surface area contributed by atoms with Crippen LogP contribution in [-0.2, 0) is 6.54 Å². The van der Waals surface area contributed by atoms with Crippen LogP contribution in [0.4, 0.5) is 0 Å². The minimum atomic E-state index is 0.621. The Hall–Kier alpha value is -0.800. The average molecular weight is 229 g/mol. The number of halogens is 1. The van der Waals surface area contributed by atoms with Crippen LogP contribution in [0.25, 0.3) is 0 Å². The number of ether oxygens (including phenoxy) is 1. The van der Waals surface area contributed by atoms with Crippen molar-refractivity contribution >= 4 is 11.6 Å². The first kappa shape index (κ1) is 12.3. The summed E-state index contributed by atoms with van der Waals surface area (Å²) in [5.41, 5.74) is 1.03. The molecule has 0 amide bonds. The maximum absolute atomic E-state index is 6.02. The molecule has 1 aromatic rings. The predicted octanol–water partition coefficient (Wildman–Crippen LogP) is 2.63. The lowest BCUT2D eigenvalue weighted by atomic mass is 10.2. The second kappa shape index (κ2) is 6.64. The maximum Gasteiger partial charge on any atom is 0.213 e. The third-order valence-corrected chi connectivity index (χ3v) is 2.28. The van der Waals surface area contributed by atoms with Gasteiger partial charge >= 0.3 is 0 Å². The molecule has 0 unspecified atom stereocenters. The summed E-state index contributed by atoms with van der Waals surface area (Å²) in [6, 6.07) is 1.88. The molecule has 0 radical (unpaired) electrons. The number of aromatic nitrogens is 1. The van der Waals surface area contributed by atoms with Crippen molar-refractivity contribution < 1.29 is 4.74 Å². The SMILES string of the molecule is CCCNCc1cc(OCC)ncc1Cl. The molecule has 0 fully saturated rings. The summed E-state index contributed by atoms with van der Waals surface area (Å²) in [6.07, 6.45) is 2.75. The largest absolute Gasteiger partial charge is 0.478 e. The van der Waals surface area contributed by atoms with Crippen LogP contribution in [0.15, 0.2) is 12.3 Å². The van der Waals surface area contributed by atoms with Gasteiger partial charge in [-0.3, -0.25) is 0 Å². The predicted molar refractivity (Wildman–Crippen MR) is 62.4 cm³/mol. The first-order valence-electron chi connectivity index (χ1n) is 5.25. The molecule has 15 heavy (non-hydrogen) atoms. The molecule has 0 aliphatic carbocycles. The fraction of sp³-hybridized carbons (Fsp3) is 0.545. The highest BCUT2D eigenvalue weighted by molar-refractivity contribution is 6.31. The molecular formula is C11H17ClN2O. The lowest BCUT2D eigenvalue weighted by molar-refractivity contribution is 0.326. The zero-order valence-electron chi connectivity index (χ0n) is 9.22. The molecule has 1 N–H and O–H groups in total. The monoisotopic (exact) mass is 228 g/mol. The third-order valence-electron chi connectivity index (χ3n) is 1.94. The Balaban J connectivity index is 2.63. The Bertz CT molecular complexity index is 305. The van der Waals surface area contributed by atoms with Crippen molar-refractivity contribution in [3.63, 3.8) is 0 Å². The summed E-state index contributed by atoms with van der Waals surface area (Å²) in [5, 5.41) is 3.98. The lowest BCUT2D eigenvalue weighted by Crippen LogP contribution is -2.14. The van der Waals surface area contributed by atoms with E-state index in [0.29, 0.717) is 17.5 Å². The number of nitrogens with one attached hydrogen (secondary N) is 1. The molecule has 4 heteroatoms. The van der Waals surface area contributed by atoms with Crippen LogP contribution in [-0.4, -0.2) is 18.1 Å². The van der Waals surface area contributed by atoms with Gasteiger partial charge in [0.1, 0.15) is 0 Å². The van der Waals surface area contributed by atoms with Crippen molar-refractivity contribution in [2.24, 2.45) is 0 Å². The van der Waals surface area contributed by atoms with Crippen molar-refractivity contribution in [1.29, 1.82) is 0 Å². The first-order chi connectivity index (χ1) is 7.27. The zero-order chi connectivity index (χ0) is 11.1. The summed E-state index contributed by atoms with van der Waals surface area (Å²) in [5.74, 6) is 0.634. The summed E-state index contributed by atoms with van der Waals surface area (Å²) in [6.45, 7) is 6.44. The van der Waals surface area contributed by atoms with Crippen LogP contribution in [0.1, 0.15) is 25.8 Å². The number of hydrogen-bond acceptors (Lipinski definition) is 3. The molecule has 0 aliphatic heterocycles. The van der Waals surface area contributed by atoms with Crippen molar-refractivity contribution in [1.82, 2.24) is 10.3 Å². The van der Waals surface area contributed by atoms with Gasteiger partial charge in [-0.15, -0.1) is 0 Å². The molecule has 0 spiro atoms. The Morgan fingerprint density at radius 2 is 2.27 bits per heavy atom. The van der Waals surface area contributed by atoms with E-state index in [1.54, 1.807) is 6.20 Å². The molecule has 1 aromatic heterocycles. The minimum absolute atomic E-state index is 0.621. The van der Waals surface area contributed by atoms with Gasteiger partial charge < -0.3 is 10.1 Å². The van der Waals surface area contributed by atoms with E-state index in [9.17, 15) is 0 Å². The van der Waals surface area contributed by atoms with Gasteiger partial charge in [-0.05, 0) is 25.5 Å². The van der Waals surface area contributed by atoms with Crippen molar-refractivity contribution in [3.8, 4) is 5.88 Å². The Morgan fingerprint density at radius 1 is 1.47 bits per heavy atom. The van der Waals surface area contributed by atoms with Crippen LogP contribution in [0.3, 0.4) is 0 Å². The molecule has 0 saturated carbocycles. The number of nitrogens with zero attached hydrogens (tertiary/aromatic N) is 1. The van der Waals surface area contributed by atoms with Gasteiger partial charge in [0.25, 0.3) is 0 Å². The molecule has 84 valence electrons. The van der Waals surface area contributed by atoms with Crippen molar-refractivity contribution in [2.45, 2.75) is 26.8 Å². The molecule has 0 saturated heterocycles. The van der Waals surface area contributed by atoms with Crippen LogP contribution >= 0.6 is 11.6 Å². The molecule has 1 rings (SSSR count). The molecule has 1 heterocycles. The summed E-state index contributed by atoms with van der Waals surface area (Å²) >= 11 is 6.02. The van der Waals surface area contributed by atoms with E-state index in [2.05, 4.69) is 17.2 Å². The molecule has 0 aliphatic rings. The highest BCUT2D eigenvalue weighted by Crippen LogP contribution is 2.19. The van der Waals surface area contributed by atoms with Gasteiger partial charge in [-0.2, -0.15) is 0 Å². The Kier molecular flexibility index (Phi) is 5.43. The summed E-state index contributed by atoms with van der Waals surface area (Å²) in [7, 11) is 0. The summed E-state index contributed by atoms with van der Waals surface area (Å²) < 4.78 is 5.31. The minimum Gasteiger partial charge on any atom is -0.478 e. The van der Waals surface area contributed by atoms with Crippen molar-refractivity contribution in [2.75, 3.05) is 13.2 Å². The lowest BCUT2D eigenvalue weighted by Gasteiger charge is -2.08. The molecular weight excluding hydrogens is 212 g/mol. The van der Waals surface area contributed by atoms with Crippen LogP contribution in [0.2, 0.25) is 5.02 Å². The number of pyridine rings is 1. The van der Waals surface area contributed by atoms with E-state index in [-0.39, 0.29) is 0 Å². The first-order valence-corrected chi connectivity index (χ1v) is 5.63. The smallest absolute Gasteiger partial charge is 0.213 e. The maximum atomic E-state index is 6.02. The normalized spacial score (nSPS) is 10.3. The second-order valence-electron chi connectivity index (χ2n) is 3.22. The van der Waals surface area contributed by atoms with E-state index >= 15 is 0 Å². The van der Waals surface area contributed by atoms with Crippen LogP contribution in [0, 0.1) is 0 Å². The topological polar surface area (TPSA) is 34.1 Å². The van der Waals surface area contributed by atoms with Gasteiger partial charge in [-0.25, -0.2) is 4.98 Å². The zero-order valence-corrected chi connectivity index (χ0v) is 9.97. The van der Waals surface area contributed by atoms with E-state index < -0.39 is 0 Å². The molecule has 0 atom stereocenters. The average Bonchev–Trinajstić information content (AvgIpc) is 2.23. The molecule has 3 nitrogen and oxygen atoms in total. The molecule has 0 bridgehead atoms. The van der Waals surface area contributed by atoms with Gasteiger partial charge in [0.05, 0.1) is 11.6 Å². The fourth-order valence-electron chi connectivity index (χ4n) is 1.22. The standard InChI is InChI=1S/C11H17ClN2O/c1-3-5-13-7-9-6-11(15-4-2)14-8-10(9)12/h6,8,13H,3-5,7H2,1-2H3. The van der Waals surface area contributed by atoms with Crippen LogP contribution < -0.4 is 10.1 Å². The van der Waals surface area contributed by atoms with E-state index in [0.717, 1.165) is 25.1 Å². The van der Waals surface area contributed by atoms with E-state index in [1.807, 2.05) is 13.0 Å². The van der Waals surface area contributed by atoms with E-state index in [1.165, 1.54) is 0 Å². The van der Waals surface area contributed by atoms with E-state index in [4.69, 9.17) is 16.3 Å². The highest BCUT2D eigenvalue weighted by Gasteiger charge is 2.03. The van der Waals surface area contributed by atoms with Crippen LogP contribution in [0.5, 0.6) is 5.88 Å². The van der Waals surface area contributed by atoms with Crippen molar-refractivity contribution in [3.05, 3.63) is 22.8 Å². The molecule has 0 aromatic carbocycles. The van der Waals surface area contributed by atoms with Gasteiger partial charge in [0, 0.05) is 18.8 Å². The Labute approximate surface area is 95.8 Å². The fourth-order valence-corrected chi connectivity index (χ4v) is 1.39.